The number of carbonyl (C=O) groups is 1. The lowest BCUT2D eigenvalue weighted by molar-refractivity contribution is 0.0535. The number of alkyl carbamates (subject to hydrolysis) is 1. The first-order valence-electron chi connectivity index (χ1n) is 6.40. The summed E-state index contributed by atoms with van der Waals surface area (Å²) < 4.78 is 5.10. The summed E-state index contributed by atoms with van der Waals surface area (Å²) in [5.74, 6) is 5.81. The van der Waals surface area contributed by atoms with E-state index in [0.717, 1.165) is 11.1 Å². The van der Waals surface area contributed by atoms with E-state index >= 15 is 0 Å². The van der Waals surface area contributed by atoms with Gasteiger partial charge in [0.25, 0.3) is 0 Å². The van der Waals surface area contributed by atoms with E-state index in [1.807, 2.05) is 6.07 Å². The molecule has 1 aromatic rings. The number of nitriles is 1. The maximum absolute atomic E-state index is 11.4. The summed E-state index contributed by atoms with van der Waals surface area (Å²) in [6, 6.07) is 7.42. The molecule has 0 aliphatic rings. The van der Waals surface area contributed by atoms with Crippen LogP contribution < -0.4 is 5.32 Å². The summed E-state index contributed by atoms with van der Waals surface area (Å²) in [5, 5.41) is 12.1. The van der Waals surface area contributed by atoms with Gasteiger partial charge in [-0.2, -0.15) is 5.26 Å². The molecule has 0 radical (unpaired) electrons. The second kappa shape index (κ2) is 7.71. The zero-order valence-corrected chi connectivity index (χ0v) is 13.9. The Labute approximate surface area is 133 Å². The number of halogens is 1. The third-order valence-corrected chi connectivity index (χ3v) is 2.93. The highest BCUT2D eigenvalue weighted by Crippen LogP contribution is 2.13. The van der Waals surface area contributed by atoms with Crippen molar-refractivity contribution in [2.75, 3.05) is 6.54 Å². The molecule has 0 bridgehead atoms. The molecule has 0 atom stereocenters. The van der Waals surface area contributed by atoms with Gasteiger partial charge in [-0.3, -0.25) is 0 Å². The zero-order valence-electron chi connectivity index (χ0n) is 12.3. The molecule has 1 rings (SSSR count). The Morgan fingerprint density at radius 1 is 1.43 bits per heavy atom. The van der Waals surface area contributed by atoms with E-state index in [1.165, 1.54) is 0 Å². The molecule has 0 aliphatic heterocycles. The van der Waals surface area contributed by atoms with Crippen molar-refractivity contribution in [3.05, 3.63) is 34.9 Å². The van der Waals surface area contributed by atoms with Crippen LogP contribution in [0.4, 0.5) is 4.79 Å². The number of ether oxygens (including phenoxy) is 1. The SMILES string of the molecule is CC(C)(C)OC(=O)NCC#Cc1cc(C#N)ccc1CBr. The highest BCUT2D eigenvalue weighted by atomic mass is 79.9. The van der Waals surface area contributed by atoms with Crippen LogP contribution in [0.1, 0.15) is 37.5 Å². The first-order chi connectivity index (χ1) is 9.85. The van der Waals surface area contributed by atoms with E-state index in [2.05, 4.69) is 39.2 Å². The normalized spacial score (nSPS) is 10.0. The van der Waals surface area contributed by atoms with Crippen molar-refractivity contribution >= 4 is 22.0 Å². The number of rotatable bonds is 2. The van der Waals surface area contributed by atoms with Crippen molar-refractivity contribution < 1.29 is 9.53 Å². The van der Waals surface area contributed by atoms with Gasteiger partial charge >= 0.3 is 6.09 Å². The molecule has 21 heavy (non-hydrogen) atoms. The predicted molar refractivity (Wildman–Crippen MR) is 84.9 cm³/mol. The molecule has 0 spiro atoms. The van der Waals surface area contributed by atoms with Gasteiger partial charge in [-0.25, -0.2) is 4.79 Å². The first kappa shape index (κ1) is 17.1. The Hall–Kier alpha value is -1.98. The molecule has 5 heteroatoms. The minimum atomic E-state index is -0.526. The maximum atomic E-state index is 11.4. The molecule has 4 nitrogen and oxygen atoms in total. The smallest absolute Gasteiger partial charge is 0.408 e. The number of amides is 1. The van der Waals surface area contributed by atoms with Gasteiger partial charge in [-0.1, -0.05) is 33.8 Å². The van der Waals surface area contributed by atoms with Crippen LogP contribution in [0.2, 0.25) is 0 Å². The van der Waals surface area contributed by atoms with Crippen LogP contribution in [0, 0.1) is 23.2 Å². The molecule has 0 saturated heterocycles. The number of benzene rings is 1. The topological polar surface area (TPSA) is 62.1 Å². The van der Waals surface area contributed by atoms with Crippen LogP contribution >= 0.6 is 15.9 Å². The number of carbonyl (C=O) groups excluding carboxylic acids is 1. The lowest BCUT2D eigenvalue weighted by Crippen LogP contribution is -2.32. The highest BCUT2D eigenvalue weighted by Gasteiger charge is 2.15. The molecule has 0 fully saturated rings. The molecule has 1 aromatic carbocycles. The van der Waals surface area contributed by atoms with E-state index in [1.54, 1.807) is 32.9 Å². The monoisotopic (exact) mass is 348 g/mol. The van der Waals surface area contributed by atoms with Gasteiger partial charge in [0.15, 0.2) is 0 Å². The molecular formula is C16H17BrN2O2. The number of nitrogens with one attached hydrogen (secondary N) is 1. The van der Waals surface area contributed by atoms with Gasteiger partial charge in [0, 0.05) is 10.9 Å². The fraction of sp³-hybridized carbons (Fsp3) is 0.375. The van der Waals surface area contributed by atoms with E-state index in [4.69, 9.17) is 10.00 Å². The average Bonchev–Trinajstić information content (AvgIpc) is 2.41. The molecule has 0 aromatic heterocycles. The van der Waals surface area contributed by atoms with Crippen LogP contribution in [0.5, 0.6) is 0 Å². The van der Waals surface area contributed by atoms with Crippen LogP contribution in [0.3, 0.4) is 0 Å². The molecule has 0 aliphatic carbocycles. The Kier molecular flexibility index (Phi) is 6.27. The molecule has 0 unspecified atom stereocenters. The summed E-state index contributed by atoms with van der Waals surface area (Å²) >= 11 is 3.38. The zero-order chi connectivity index (χ0) is 15.9. The summed E-state index contributed by atoms with van der Waals surface area (Å²) in [7, 11) is 0. The first-order valence-corrected chi connectivity index (χ1v) is 7.52. The Morgan fingerprint density at radius 2 is 2.14 bits per heavy atom. The van der Waals surface area contributed by atoms with E-state index in [9.17, 15) is 4.79 Å². The Morgan fingerprint density at radius 3 is 2.71 bits per heavy atom. The van der Waals surface area contributed by atoms with Gasteiger partial charge in [0.05, 0.1) is 18.2 Å². The average molecular weight is 349 g/mol. The van der Waals surface area contributed by atoms with Crippen molar-refractivity contribution in [3.8, 4) is 17.9 Å². The van der Waals surface area contributed by atoms with Crippen molar-refractivity contribution in [3.63, 3.8) is 0 Å². The summed E-state index contributed by atoms with van der Waals surface area (Å²) in [5.41, 5.74) is 1.81. The lowest BCUT2D eigenvalue weighted by Gasteiger charge is -2.19. The standard InChI is InChI=1S/C16H17BrN2O2/c1-16(2,3)21-15(20)19-8-4-5-13-9-12(11-18)6-7-14(13)10-17/h6-7,9H,8,10H2,1-3H3,(H,19,20). The number of alkyl halides is 1. The second-order valence-corrected chi connectivity index (χ2v) is 5.84. The number of hydrogen-bond acceptors (Lipinski definition) is 3. The third kappa shape index (κ3) is 6.33. The molecule has 1 N–H and O–H groups in total. The predicted octanol–water partition coefficient (Wildman–Crippen LogP) is 3.33. The van der Waals surface area contributed by atoms with Crippen molar-refractivity contribution in [1.29, 1.82) is 5.26 Å². The number of nitrogens with zero attached hydrogens (tertiary/aromatic N) is 1. The highest BCUT2D eigenvalue weighted by molar-refractivity contribution is 9.08. The van der Waals surface area contributed by atoms with Crippen molar-refractivity contribution in [2.24, 2.45) is 0 Å². The Balaban J connectivity index is 2.67. The molecule has 0 saturated carbocycles. The molecular weight excluding hydrogens is 332 g/mol. The largest absolute Gasteiger partial charge is 0.444 e. The maximum Gasteiger partial charge on any atom is 0.408 e. The van der Waals surface area contributed by atoms with Gasteiger partial charge in [-0.05, 0) is 38.5 Å². The van der Waals surface area contributed by atoms with E-state index in [0.29, 0.717) is 10.9 Å². The number of hydrogen-bond donors (Lipinski definition) is 1. The van der Waals surface area contributed by atoms with Crippen molar-refractivity contribution in [2.45, 2.75) is 31.7 Å². The van der Waals surface area contributed by atoms with E-state index < -0.39 is 11.7 Å². The molecule has 0 heterocycles. The minimum Gasteiger partial charge on any atom is -0.444 e. The fourth-order valence-electron chi connectivity index (χ4n) is 1.45. The summed E-state index contributed by atoms with van der Waals surface area (Å²) in [6.07, 6.45) is -0.497. The van der Waals surface area contributed by atoms with E-state index in [-0.39, 0.29) is 6.54 Å². The van der Waals surface area contributed by atoms with Crippen LogP contribution in [0.25, 0.3) is 0 Å². The van der Waals surface area contributed by atoms with Crippen molar-refractivity contribution in [1.82, 2.24) is 5.32 Å². The van der Waals surface area contributed by atoms with Gasteiger partial charge < -0.3 is 10.1 Å². The quantitative estimate of drug-likeness (QED) is 0.658. The Bertz CT molecular complexity index is 616. The van der Waals surface area contributed by atoms with Crippen LogP contribution in [-0.2, 0) is 10.1 Å². The van der Waals surface area contributed by atoms with Gasteiger partial charge in [-0.15, -0.1) is 0 Å². The summed E-state index contributed by atoms with van der Waals surface area (Å²) in [4.78, 5) is 11.4. The third-order valence-electron chi connectivity index (χ3n) is 2.33. The lowest BCUT2D eigenvalue weighted by atomic mass is 10.1. The van der Waals surface area contributed by atoms with Gasteiger partial charge in [0.1, 0.15) is 5.60 Å². The molecule has 110 valence electrons. The fourth-order valence-corrected chi connectivity index (χ4v) is 1.94. The molecule has 1 amide bonds. The minimum absolute atomic E-state index is 0.188. The van der Waals surface area contributed by atoms with Gasteiger partial charge in [0.2, 0.25) is 0 Å². The van der Waals surface area contributed by atoms with Crippen LogP contribution in [0.15, 0.2) is 18.2 Å². The second-order valence-electron chi connectivity index (χ2n) is 5.27. The summed E-state index contributed by atoms with van der Waals surface area (Å²) in [6.45, 7) is 5.59. The van der Waals surface area contributed by atoms with Crippen LogP contribution in [-0.4, -0.2) is 18.2 Å².